The quantitative estimate of drug-likeness (QED) is 0.750. The molecule has 1 N–H and O–H groups in total. The van der Waals surface area contributed by atoms with E-state index in [1.165, 1.54) is 13.8 Å². The Morgan fingerprint density at radius 2 is 1.91 bits per heavy atom. The minimum atomic E-state index is -4.28. The van der Waals surface area contributed by atoms with E-state index in [9.17, 15) is 22.4 Å². The van der Waals surface area contributed by atoms with E-state index < -0.39 is 45.3 Å². The number of halogens is 1. The lowest BCUT2D eigenvalue weighted by molar-refractivity contribution is -0.137. The normalized spacial score (nSPS) is 11.7. The van der Waals surface area contributed by atoms with Gasteiger partial charge in [0.2, 0.25) is 10.0 Å². The topological polar surface area (TPSA) is 101 Å². The molecule has 7 nitrogen and oxygen atoms in total. The summed E-state index contributed by atoms with van der Waals surface area (Å²) in [5, 5.41) is 8.86. The molecule has 0 amide bonds. The first-order chi connectivity index (χ1) is 10.6. The summed E-state index contributed by atoms with van der Waals surface area (Å²) in [6.45, 7) is 3.82. The van der Waals surface area contributed by atoms with Crippen molar-refractivity contribution < 1.29 is 32.2 Å². The molecule has 0 aliphatic heterocycles. The summed E-state index contributed by atoms with van der Waals surface area (Å²) in [7, 11) is -4.28. The van der Waals surface area contributed by atoms with Gasteiger partial charge in [-0.15, -0.1) is 0 Å². The molecule has 0 bridgehead atoms. The third-order valence-corrected chi connectivity index (χ3v) is 4.86. The maximum atomic E-state index is 13.7. The van der Waals surface area contributed by atoms with Crippen molar-refractivity contribution in [1.29, 1.82) is 0 Å². The number of carbonyl (C=O) groups excluding carboxylic acids is 1. The fourth-order valence-electron chi connectivity index (χ4n) is 1.86. The molecule has 0 aliphatic carbocycles. The first-order valence-electron chi connectivity index (χ1n) is 6.81. The molecule has 0 aliphatic rings. The Morgan fingerprint density at radius 1 is 1.30 bits per heavy atom. The third kappa shape index (κ3) is 4.73. The Labute approximate surface area is 133 Å². The zero-order valence-electron chi connectivity index (χ0n) is 12.9. The Hall–Kier alpha value is -2.00. The molecular weight excluding hydrogens is 329 g/mol. The van der Waals surface area contributed by atoms with Crippen LogP contribution < -0.4 is 0 Å². The zero-order valence-corrected chi connectivity index (χ0v) is 13.8. The van der Waals surface area contributed by atoms with Gasteiger partial charge >= 0.3 is 11.9 Å². The molecule has 9 heteroatoms. The standard InChI is InChI=1S/C14H18FNO6S/c1-4-22-14(19)10-5-11(15)7-12(6-10)23(20,21)16(9(2)3)8-13(17)18/h5-7,9H,4,8H2,1-3H3,(H,17,18). The number of benzene rings is 1. The van der Waals surface area contributed by atoms with Crippen LogP contribution in [0.4, 0.5) is 4.39 Å². The summed E-state index contributed by atoms with van der Waals surface area (Å²) < 4.78 is 44.2. The molecule has 0 unspecified atom stereocenters. The van der Waals surface area contributed by atoms with Crippen molar-refractivity contribution in [3.05, 3.63) is 29.6 Å². The second-order valence-electron chi connectivity index (χ2n) is 4.93. The van der Waals surface area contributed by atoms with Gasteiger partial charge in [0.1, 0.15) is 12.4 Å². The average Bonchev–Trinajstić information content (AvgIpc) is 2.43. The van der Waals surface area contributed by atoms with Crippen molar-refractivity contribution in [2.45, 2.75) is 31.7 Å². The van der Waals surface area contributed by atoms with Crippen molar-refractivity contribution in [3.63, 3.8) is 0 Å². The van der Waals surface area contributed by atoms with Gasteiger partial charge in [0.25, 0.3) is 0 Å². The number of carbonyl (C=O) groups is 2. The van der Waals surface area contributed by atoms with E-state index in [1.54, 1.807) is 6.92 Å². The number of esters is 1. The van der Waals surface area contributed by atoms with Crippen molar-refractivity contribution in [2.75, 3.05) is 13.2 Å². The monoisotopic (exact) mass is 347 g/mol. The number of nitrogens with zero attached hydrogens (tertiary/aromatic N) is 1. The van der Waals surface area contributed by atoms with E-state index >= 15 is 0 Å². The molecule has 0 spiro atoms. The lowest BCUT2D eigenvalue weighted by Crippen LogP contribution is -2.40. The number of ether oxygens (including phenoxy) is 1. The van der Waals surface area contributed by atoms with Crippen LogP contribution in [0.15, 0.2) is 23.1 Å². The van der Waals surface area contributed by atoms with Gasteiger partial charge in [-0.1, -0.05) is 0 Å². The predicted molar refractivity (Wildman–Crippen MR) is 79.0 cm³/mol. The summed E-state index contributed by atoms with van der Waals surface area (Å²) >= 11 is 0. The molecule has 1 aromatic carbocycles. The van der Waals surface area contributed by atoms with Crippen LogP contribution in [0.5, 0.6) is 0 Å². The van der Waals surface area contributed by atoms with E-state index in [-0.39, 0.29) is 12.2 Å². The molecule has 0 fully saturated rings. The molecule has 23 heavy (non-hydrogen) atoms. The number of hydrogen-bond donors (Lipinski definition) is 1. The van der Waals surface area contributed by atoms with E-state index in [4.69, 9.17) is 9.84 Å². The molecule has 0 aromatic heterocycles. The maximum Gasteiger partial charge on any atom is 0.338 e. The number of hydrogen-bond acceptors (Lipinski definition) is 5. The molecule has 0 saturated carbocycles. The second kappa shape index (κ2) is 7.51. The van der Waals surface area contributed by atoms with E-state index in [0.717, 1.165) is 18.2 Å². The van der Waals surface area contributed by atoms with Crippen molar-refractivity contribution >= 4 is 22.0 Å². The van der Waals surface area contributed by atoms with Crippen molar-refractivity contribution in [2.24, 2.45) is 0 Å². The minimum Gasteiger partial charge on any atom is -0.480 e. The lowest BCUT2D eigenvalue weighted by atomic mass is 10.2. The summed E-state index contributed by atoms with van der Waals surface area (Å²) in [5.41, 5.74) is -0.260. The molecular formula is C14H18FNO6S. The molecule has 0 saturated heterocycles. The van der Waals surface area contributed by atoms with Gasteiger partial charge < -0.3 is 9.84 Å². The smallest absolute Gasteiger partial charge is 0.338 e. The average molecular weight is 347 g/mol. The van der Waals surface area contributed by atoms with Gasteiger partial charge in [0.05, 0.1) is 17.1 Å². The third-order valence-electron chi connectivity index (χ3n) is 2.86. The van der Waals surface area contributed by atoms with Crippen LogP contribution in [0.1, 0.15) is 31.1 Å². The Balaban J connectivity index is 3.36. The van der Waals surface area contributed by atoms with Crippen LogP contribution in [0, 0.1) is 5.82 Å². The molecule has 128 valence electrons. The first kappa shape index (κ1) is 19.0. The highest BCUT2D eigenvalue weighted by Crippen LogP contribution is 2.21. The Morgan fingerprint density at radius 3 is 2.39 bits per heavy atom. The van der Waals surface area contributed by atoms with Gasteiger partial charge in [-0.05, 0) is 39.0 Å². The molecule has 1 rings (SSSR count). The summed E-state index contributed by atoms with van der Waals surface area (Å²) in [4.78, 5) is 22.0. The SMILES string of the molecule is CCOC(=O)c1cc(F)cc(S(=O)(=O)N(CC(=O)O)C(C)C)c1. The van der Waals surface area contributed by atoms with Gasteiger partial charge in [0, 0.05) is 6.04 Å². The predicted octanol–water partition coefficient (Wildman–Crippen LogP) is 1.49. The number of sulfonamides is 1. The minimum absolute atomic E-state index is 0.0502. The van der Waals surface area contributed by atoms with Gasteiger partial charge in [-0.2, -0.15) is 4.31 Å². The first-order valence-corrected chi connectivity index (χ1v) is 8.25. The molecule has 1 aromatic rings. The van der Waals surface area contributed by atoms with Gasteiger partial charge in [-0.3, -0.25) is 4.79 Å². The fraction of sp³-hybridized carbons (Fsp3) is 0.429. The largest absolute Gasteiger partial charge is 0.480 e. The Kier molecular flexibility index (Phi) is 6.22. The summed E-state index contributed by atoms with van der Waals surface area (Å²) in [6, 6.07) is 1.89. The van der Waals surface area contributed by atoms with Gasteiger partial charge in [0.15, 0.2) is 0 Å². The highest BCUT2D eigenvalue weighted by atomic mass is 32.2. The number of aliphatic carboxylic acids is 1. The lowest BCUT2D eigenvalue weighted by Gasteiger charge is -2.24. The maximum absolute atomic E-state index is 13.7. The van der Waals surface area contributed by atoms with Crippen LogP contribution in [0.2, 0.25) is 0 Å². The summed E-state index contributed by atoms with van der Waals surface area (Å²) in [5.74, 6) is -3.14. The highest BCUT2D eigenvalue weighted by molar-refractivity contribution is 7.89. The molecule has 0 heterocycles. The number of rotatable bonds is 7. The van der Waals surface area contributed by atoms with Crippen LogP contribution in [0.3, 0.4) is 0 Å². The van der Waals surface area contributed by atoms with Gasteiger partial charge in [-0.25, -0.2) is 17.6 Å². The van der Waals surface area contributed by atoms with Crippen molar-refractivity contribution in [1.82, 2.24) is 4.31 Å². The highest BCUT2D eigenvalue weighted by Gasteiger charge is 2.30. The molecule has 0 radical (unpaired) electrons. The Bertz CT molecular complexity index is 701. The van der Waals surface area contributed by atoms with E-state index in [0.29, 0.717) is 4.31 Å². The zero-order chi connectivity index (χ0) is 17.8. The van der Waals surface area contributed by atoms with Crippen LogP contribution in [0.25, 0.3) is 0 Å². The second-order valence-corrected chi connectivity index (χ2v) is 6.82. The fourth-order valence-corrected chi connectivity index (χ4v) is 3.50. The van der Waals surface area contributed by atoms with E-state index in [1.807, 2.05) is 0 Å². The molecule has 0 atom stereocenters. The van der Waals surface area contributed by atoms with E-state index in [2.05, 4.69) is 0 Å². The number of carboxylic acids is 1. The van der Waals surface area contributed by atoms with Crippen LogP contribution in [-0.2, 0) is 19.6 Å². The van der Waals surface area contributed by atoms with Crippen LogP contribution in [-0.4, -0.2) is 49.0 Å². The summed E-state index contributed by atoms with van der Waals surface area (Å²) in [6.07, 6.45) is 0. The van der Waals surface area contributed by atoms with Crippen molar-refractivity contribution in [3.8, 4) is 0 Å². The van der Waals surface area contributed by atoms with Crippen LogP contribution >= 0.6 is 0 Å². The number of carboxylic acid groups (broad SMARTS) is 1.